The molecule has 35 heavy (non-hydrogen) atoms. The molecule has 4 aliphatic rings. The van der Waals surface area contributed by atoms with Gasteiger partial charge in [0.05, 0.1) is 11.7 Å². The maximum Gasteiger partial charge on any atom is 0.251 e. The van der Waals surface area contributed by atoms with Crippen molar-refractivity contribution < 1.29 is 19.4 Å². The van der Waals surface area contributed by atoms with Crippen LogP contribution in [0.3, 0.4) is 0 Å². The normalized spacial score (nSPS) is 42.3. The first kappa shape index (κ1) is 24.7. The molecule has 0 heterocycles. The van der Waals surface area contributed by atoms with E-state index >= 15 is 0 Å². The number of carbonyl (C=O) groups excluding carboxylic acids is 1. The second-order valence-corrected chi connectivity index (χ2v) is 12.3. The smallest absolute Gasteiger partial charge is 0.251 e. The van der Waals surface area contributed by atoms with E-state index in [4.69, 9.17) is 0 Å². The molecule has 8 atom stereocenters. The molecule has 1 aromatic carbocycles. The minimum Gasteiger partial charge on any atom is -0.393 e. The van der Waals surface area contributed by atoms with Gasteiger partial charge in [-0.2, -0.15) is 0 Å². The fourth-order valence-electron chi connectivity index (χ4n) is 8.74. The van der Waals surface area contributed by atoms with Crippen molar-refractivity contribution >= 4 is 5.91 Å². The van der Waals surface area contributed by atoms with Gasteiger partial charge in [0, 0.05) is 18.0 Å². The van der Waals surface area contributed by atoms with Crippen molar-refractivity contribution in [2.75, 3.05) is 6.54 Å². The summed E-state index contributed by atoms with van der Waals surface area (Å²) in [6.45, 7) is 9.07. The van der Waals surface area contributed by atoms with E-state index in [1.54, 1.807) is 0 Å². The highest BCUT2D eigenvalue weighted by Crippen LogP contribution is 2.68. The lowest BCUT2D eigenvalue weighted by atomic mass is 9.47. The Kier molecular flexibility index (Phi) is 6.24. The van der Waals surface area contributed by atoms with E-state index in [0.29, 0.717) is 36.3 Å². The number of nitrogens with one attached hydrogen (secondary N) is 1. The van der Waals surface area contributed by atoms with Crippen LogP contribution in [0.15, 0.2) is 48.6 Å². The van der Waals surface area contributed by atoms with Crippen LogP contribution in [0.4, 0.5) is 4.39 Å². The monoisotopic (exact) mass is 481 g/mol. The first-order valence-corrected chi connectivity index (χ1v) is 13.4. The molecule has 3 saturated carbocycles. The molecule has 0 saturated heterocycles. The molecule has 5 rings (SSSR count). The molecule has 1 amide bonds. The number of rotatable bonds is 5. The van der Waals surface area contributed by atoms with Crippen LogP contribution in [0.2, 0.25) is 0 Å². The highest BCUT2D eigenvalue weighted by atomic mass is 19.1. The number of aliphatic hydroxyl groups excluding tert-OH is 1. The lowest BCUT2D eigenvalue weighted by Crippen LogP contribution is -2.52. The summed E-state index contributed by atoms with van der Waals surface area (Å²) < 4.78 is 13.3. The third kappa shape index (κ3) is 3.99. The van der Waals surface area contributed by atoms with Gasteiger partial charge >= 0.3 is 0 Å². The second kappa shape index (κ2) is 8.85. The van der Waals surface area contributed by atoms with Crippen molar-refractivity contribution in [2.45, 2.75) is 76.9 Å². The summed E-state index contributed by atoms with van der Waals surface area (Å²) in [5.41, 5.74) is 1.04. The number of allylic oxidation sites excluding steroid dienone is 1. The number of hydrogen-bond acceptors (Lipinski definition) is 3. The van der Waals surface area contributed by atoms with E-state index < -0.39 is 5.60 Å². The molecule has 190 valence electrons. The Balaban J connectivity index is 1.40. The average Bonchev–Trinajstić information content (AvgIpc) is 3.04. The predicted octanol–water partition coefficient (Wildman–Crippen LogP) is 5.41. The van der Waals surface area contributed by atoms with Gasteiger partial charge in [-0.3, -0.25) is 4.79 Å². The van der Waals surface area contributed by atoms with Crippen LogP contribution in [0.25, 0.3) is 0 Å². The Morgan fingerprint density at radius 3 is 2.66 bits per heavy atom. The Labute approximate surface area is 208 Å². The second-order valence-electron chi connectivity index (χ2n) is 12.3. The fourth-order valence-corrected chi connectivity index (χ4v) is 8.74. The highest BCUT2D eigenvalue weighted by molar-refractivity contribution is 5.94. The molecular formula is C30H40FNO3. The van der Waals surface area contributed by atoms with Gasteiger partial charge in [0.2, 0.25) is 0 Å². The number of hydrogen-bond donors (Lipinski definition) is 3. The summed E-state index contributed by atoms with van der Waals surface area (Å²) in [6.07, 6.45) is 11.1. The maximum atomic E-state index is 13.3. The van der Waals surface area contributed by atoms with Crippen molar-refractivity contribution in [3.63, 3.8) is 0 Å². The van der Waals surface area contributed by atoms with Crippen molar-refractivity contribution in [1.29, 1.82) is 0 Å². The summed E-state index contributed by atoms with van der Waals surface area (Å²) in [7, 11) is 0. The van der Waals surface area contributed by atoms with Crippen LogP contribution < -0.4 is 5.32 Å². The van der Waals surface area contributed by atoms with Gasteiger partial charge in [0.15, 0.2) is 0 Å². The fraction of sp³-hybridized carbons (Fsp3) is 0.633. The third-order valence-electron chi connectivity index (χ3n) is 10.6. The molecule has 5 heteroatoms. The first-order chi connectivity index (χ1) is 16.6. The summed E-state index contributed by atoms with van der Waals surface area (Å²) in [4.78, 5) is 12.8. The van der Waals surface area contributed by atoms with Crippen molar-refractivity contribution in [2.24, 2.45) is 34.5 Å². The topological polar surface area (TPSA) is 69.6 Å². The molecule has 0 radical (unpaired) electrons. The Hall–Kier alpha value is -1.98. The minimum absolute atomic E-state index is 0.0743. The zero-order valence-corrected chi connectivity index (χ0v) is 21.1. The summed E-state index contributed by atoms with van der Waals surface area (Å²) in [6, 6.07) is 5.59. The number of amides is 1. The van der Waals surface area contributed by atoms with Gasteiger partial charge in [-0.15, -0.1) is 6.58 Å². The molecule has 0 spiro atoms. The summed E-state index contributed by atoms with van der Waals surface area (Å²) >= 11 is 0. The zero-order valence-electron chi connectivity index (χ0n) is 21.1. The molecule has 0 aliphatic heterocycles. The Bertz CT molecular complexity index is 1020. The van der Waals surface area contributed by atoms with Gasteiger partial charge in [0.1, 0.15) is 5.82 Å². The van der Waals surface area contributed by atoms with E-state index in [1.165, 1.54) is 29.8 Å². The number of benzene rings is 1. The molecule has 3 fully saturated rings. The first-order valence-electron chi connectivity index (χ1n) is 13.4. The minimum atomic E-state index is -0.903. The molecule has 1 aromatic rings. The maximum absolute atomic E-state index is 13.3. The Morgan fingerprint density at radius 2 is 1.94 bits per heavy atom. The van der Waals surface area contributed by atoms with E-state index in [0.717, 1.165) is 44.9 Å². The molecule has 4 aliphatic carbocycles. The number of halogens is 1. The molecule has 3 N–H and O–H groups in total. The van der Waals surface area contributed by atoms with Crippen LogP contribution in [0, 0.1) is 40.3 Å². The summed E-state index contributed by atoms with van der Waals surface area (Å²) in [5.74, 6) is 0.788. The quantitative estimate of drug-likeness (QED) is 0.493. The van der Waals surface area contributed by atoms with Gasteiger partial charge in [-0.25, -0.2) is 4.39 Å². The number of aliphatic hydroxyl groups is 2. The SMILES string of the molecule is C=CC[C@]1(O)C[C@H]2[C@@H]3CC=C4C[C@@H](O)CC[C@]4(C)[C@H]3CC[C@]2(C)[C@H]1CNC(=O)c1ccc(F)cc1. The predicted molar refractivity (Wildman–Crippen MR) is 135 cm³/mol. The zero-order chi connectivity index (χ0) is 25.0. The molecule has 0 unspecified atom stereocenters. The lowest BCUT2D eigenvalue weighted by Gasteiger charge is -2.58. The molecular weight excluding hydrogens is 441 g/mol. The number of carbonyl (C=O) groups is 1. The average molecular weight is 482 g/mol. The van der Waals surface area contributed by atoms with Crippen molar-refractivity contribution in [3.05, 3.63) is 60.0 Å². The lowest BCUT2D eigenvalue weighted by molar-refractivity contribution is -0.0588. The van der Waals surface area contributed by atoms with Crippen LogP contribution in [0.1, 0.15) is 75.6 Å². The standard InChI is InChI=1S/C30H40FNO3/c1-4-13-30(35)17-25-23-10-7-20-16-22(33)11-14-28(20,2)24(23)12-15-29(25,3)26(30)18-32-27(34)19-5-8-21(31)9-6-19/h4-9,22-26,33,35H,1,10-18H2,2-3H3,(H,32,34)/t22-,23+,24-,25-,26+,28-,29-,30-/m0/s1. The largest absolute Gasteiger partial charge is 0.393 e. The van der Waals surface area contributed by atoms with Crippen LogP contribution in [0.5, 0.6) is 0 Å². The van der Waals surface area contributed by atoms with Gasteiger partial charge in [0.25, 0.3) is 5.91 Å². The summed E-state index contributed by atoms with van der Waals surface area (Å²) in [5, 5.41) is 25.3. The highest BCUT2D eigenvalue weighted by Gasteiger charge is 2.64. The van der Waals surface area contributed by atoms with E-state index in [-0.39, 0.29) is 34.6 Å². The van der Waals surface area contributed by atoms with Crippen LogP contribution >= 0.6 is 0 Å². The van der Waals surface area contributed by atoms with Crippen LogP contribution in [-0.4, -0.2) is 34.4 Å². The van der Waals surface area contributed by atoms with E-state index in [9.17, 15) is 19.4 Å². The van der Waals surface area contributed by atoms with E-state index in [2.05, 4.69) is 31.8 Å². The van der Waals surface area contributed by atoms with Crippen molar-refractivity contribution in [3.8, 4) is 0 Å². The van der Waals surface area contributed by atoms with Gasteiger partial charge in [-0.1, -0.05) is 31.6 Å². The van der Waals surface area contributed by atoms with E-state index in [1.807, 2.05) is 6.08 Å². The third-order valence-corrected chi connectivity index (χ3v) is 10.6. The number of fused-ring (bicyclic) bond motifs is 5. The molecule has 0 aromatic heterocycles. The Morgan fingerprint density at radius 1 is 1.20 bits per heavy atom. The van der Waals surface area contributed by atoms with Gasteiger partial charge in [-0.05, 0) is 104 Å². The van der Waals surface area contributed by atoms with Crippen molar-refractivity contribution in [1.82, 2.24) is 5.32 Å². The van der Waals surface area contributed by atoms with Crippen LogP contribution in [-0.2, 0) is 0 Å². The molecule has 4 nitrogen and oxygen atoms in total. The van der Waals surface area contributed by atoms with Gasteiger partial charge < -0.3 is 15.5 Å². The molecule has 0 bridgehead atoms.